The van der Waals surface area contributed by atoms with Gasteiger partial charge in [0.15, 0.2) is 5.13 Å². The van der Waals surface area contributed by atoms with Crippen LogP contribution in [0.1, 0.15) is 17.3 Å². The number of ether oxygens (including phenoxy) is 1. The number of para-hydroxylation sites is 1. The molecule has 7 nitrogen and oxygen atoms in total. The van der Waals surface area contributed by atoms with Crippen molar-refractivity contribution in [1.29, 1.82) is 0 Å². The average molecular weight is 498 g/mol. The maximum Gasteiger partial charge on any atom is 0.261 e. The molecule has 2 N–H and O–H groups in total. The second-order valence-electron chi connectivity index (χ2n) is 7.05. The van der Waals surface area contributed by atoms with Gasteiger partial charge in [0.05, 0.1) is 28.4 Å². The summed E-state index contributed by atoms with van der Waals surface area (Å²) in [5.74, 6) is -0.313. The normalized spacial score (nSPS) is 11.1. The standard InChI is InChI=1S/C24H20FN3O4S2/c1-2-32-18-11-7-16(8-12-18)22-15-33-24(26-22)27-23(29)20-5-3-4-6-21(20)28-34(30,31)19-13-9-17(25)10-14-19/h3-15,28H,2H2,1H3,(H,26,27,29). The average Bonchev–Trinajstić information content (AvgIpc) is 3.28. The Balaban J connectivity index is 1.51. The number of sulfonamides is 1. The van der Waals surface area contributed by atoms with Gasteiger partial charge < -0.3 is 4.74 Å². The number of carbonyl (C=O) groups excluding carboxylic acids is 1. The Labute approximate surface area is 200 Å². The van der Waals surface area contributed by atoms with E-state index in [2.05, 4.69) is 15.0 Å². The number of benzene rings is 3. The number of hydrogen-bond acceptors (Lipinski definition) is 6. The van der Waals surface area contributed by atoms with Gasteiger partial charge in [-0.1, -0.05) is 12.1 Å². The number of nitrogens with zero attached hydrogens (tertiary/aromatic N) is 1. The second kappa shape index (κ2) is 10.0. The number of anilines is 2. The SMILES string of the molecule is CCOc1ccc(-c2csc(NC(=O)c3ccccc3NS(=O)(=O)c3ccc(F)cc3)n2)cc1. The maximum absolute atomic E-state index is 13.2. The van der Waals surface area contributed by atoms with Gasteiger partial charge in [-0.3, -0.25) is 14.8 Å². The van der Waals surface area contributed by atoms with E-state index in [0.717, 1.165) is 35.6 Å². The molecule has 1 heterocycles. The molecule has 10 heteroatoms. The summed E-state index contributed by atoms with van der Waals surface area (Å²) in [6, 6.07) is 18.1. The van der Waals surface area contributed by atoms with Crippen molar-refractivity contribution < 1.29 is 22.3 Å². The summed E-state index contributed by atoms with van der Waals surface area (Å²) in [6.45, 7) is 2.49. The van der Waals surface area contributed by atoms with E-state index in [1.807, 2.05) is 36.6 Å². The number of aromatic nitrogens is 1. The fourth-order valence-corrected chi connectivity index (χ4v) is 4.90. The van der Waals surface area contributed by atoms with Gasteiger partial charge in [-0.25, -0.2) is 17.8 Å². The van der Waals surface area contributed by atoms with Crippen LogP contribution in [0.15, 0.2) is 83.1 Å². The largest absolute Gasteiger partial charge is 0.494 e. The predicted octanol–water partition coefficient (Wildman–Crippen LogP) is 5.40. The minimum absolute atomic E-state index is 0.0904. The summed E-state index contributed by atoms with van der Waals surface area (Å²) in [6.07, 6.45) is 0. The first kappa shape index (κ1) is 23.4. The molecule has 0 aliphatic heterocycles. The first-order valence-corrected chi connectivity index (χ1v) is 12.6. The first-order chi connectivity index (χ1) is 16.4. The summed E-state index contributed by atoms with van der Waals surface area (Å²) < 4.78 is 46.4. The van der Waals surface area contributed by atoms with Crippen LogP contribution in [0, 0.1) is 5.82 Å². The lowest BCUT2D eigenvalue weighted by atomic mass is 10.1. The Bertz CT molecular complexity index is 1400. The van der Waals surface area contributed by atoms with Crippen LogP contribution in [-0.2, 0) is 10.0 Å². The van der Waals surface area contributed by atoms with E-state index < -0.39 is 21.7 Å². The summed E-state index contributed by atoms with van der Waals surface area (Å²) in [5.41, 5.74) is 1.76. The van der Waals surface area contributed by atoms with E-state index in [-0.39, 0.29) is 16.1 Å². The van der Waals surface area contributed by atoms with E-state index in [9.17, 15) is 17.6 Å². The van der Waals surface area contributed by atoms with Crippen LogP contribution in [0.3, 0.4) is 0 Å². The highest BCUT2D eigenvalue weighted by Gasteiger charge is 2.19. The first-order valence-electron chi connectivity index (χ1n) is 10.2. The van der Waals surface area contributed by atoms with E-state index in [1.54, 1.807) is 12.1 Å². The minimum Gasteiger partial charge on any atom is -0.494 e. The molecule has 0 aliphatic rings. The van der Waals surface area contributed by atoms with E-state index >= 15 is 0 Å². The maximum atomic E-state index is 13.2. The van der Waals surface area contributed by atoms with Crippen LogP contribution in [0.25, 0.3) is 11.3 Å². The Kier molecular flexibility index (Phi) is 6.90. The van der Waals surface area contributed by atoms with Gasteiger partial charge in [0, 0.05) is 10.9 Å². The number of rotatable bonds is 8. The van der Waals surface area contributed by atoms with Crippen LogP contribution in [-0.4, -0.2) is 25.9 Å². The number of nitrogens with one attached hydrogen (secondary N) is 2. The number of amides is 1. The van der Waals surface area contributed by atoms with Crippen molar-refractivity contribution in [2.24, 2.45) is 0 Å². The third kappa shape index (κ3) is 5.41. The third-order valence-corrected chi connectivity index (χ3v) is 6.86. The van der Waals surface area contributed by atoms with Crippen molar-refractivity contribution in [2.75, 3.05) is 16.6 Å². The highest BCUT2D eigenvalue weighted by atomic mass is 32.2. The van der Waals surface area contributed by atoms with Crippen molar-refractivity contribution in [3.05, 3.63) is 89.6 Å². The van der Waals surface area contributed by atoms with Crippen LogP contribution in [0.4, 0.5) is 15.2 Å². The lowest BCUT2D eigenvalue weighted by Crippen LogP contribution is -2.18. The predicted molar refractivity (Wildman–Crippen MR) is 130 cm³/mol. The smallest absolute Gasteiger partial charge is 0.261 e. The minimum atomic E-state index is -4.02. The Morgan fingerprint density at radius 2 is 1.74 bits per heavy atom. The van der Waals surface area contributed by atoms with Crippen molar-refractivity contribution >= 4 is 38.1 Å². The number of thiazole rings is 1. The molecule has 34 heavy (non-hydrogen) atoms. The van der Waals surface area contributed by atoms with Gasteiger partial charge in [0.2, 0.25) is 0 Å². The number of hydrogen-bond donors (Lipinski definition) is 2. The molecule has 4 aromatic rings. The highest BCUT2D eigenvalue weighted by Crippen LogP contribution is 2.28. The molecule has 0 unspecified atom stereocenters. The molecular formula is C24H20FN3O4S2. The van der Waals surface area contributed by atoms with Gasteiger partial charge in [-0.05, 0) is 67.6 Å². The lowest BCUT2D eigenvalue weighted by molar-refractivity contribution is 0.102. The summed E-state index contributed by atoms with van der Waals surface area (Å²) in [4.78, 5) is 17.3. The molecule has 0 spiro atoms. The van der Waals surface area contributed by atoms with Crippen molar-refractivity contribution in [1.82, 2.24) is 4.98 Å². The Hall–Kier alpha value is -3.76. The fraction of sp³-hybridized carbons (Fsp3) is 0.0833. The molecule has 0 aliphatic carbocycles. The van der Waals surface area contributed by atoms with Gasteiger partial charge in [0.1, 0.15) is 11.6 Å². The summed E-state index contributed by atoms with van der Waals surface area (Å²) >= 11 is 1.25. The molecule has 4 rings (SSSR count). The molecule has 0 fully saturated rings. The molecule has 3 aromatic carbocycles. The molecule has 0 atom stereocenters. The van der Waals surface area contributed by atoms with Crippen molar-refractivity contribution in [3.63, 3.8) is 0 Å². The third-order valence-electron chi connectivity index (χ3n) is 4.73. The lowest BCUT2D eigenvalue weighted by Gasteiger charge is -2.12. The zero-order chi connectivity index (χ0) is 24.1. The quantitative estimate of drug-likeness (QED) is 0.340. The topological polar surface area (TPSA) is 97.4 Å². The van der Waals surface area contributed by atoms with E-state index in [1.165, 1.54) is 23.5 Å². The van der Waals surface area contributed by atoms with Crippen LogP contribution < -0.4 is 14.8 Å². The second-order valence-corrected chi connectivity index (χ2v) is 9.59. The van der Waals surface area contributed by atoms with Crippen molar-refractivity contribution in [2.45, 2.75) is 11.8 Å². The molecule has 0 saturated heterocycles. The molecule has 174 valence electrons. The number of halogens is 1. The zero-order valence-corrected chi connectivity index (χ0v) is 19.6. The zero-order valence-electron chi connectivity index (χ0n) is 18.0. The van der Waals surface area contributed by atoms with Crippen LogP contribution in [0.5, 0.6) is 5.75 Å². The fourth-order valence-electron chi connectivity index (χ4n) is 3.10. The molecule has 0 bridgehead atoms. The molecule has 0 saturated carbocycles. The monoisotopic (exact) mass is 497 g/mol. The number of carbonyl (C=O) groups is 1. The van der Waals surface area contributed by atoms with E-state index in [4.69, 9.17) is 4.74 Å². The summed E-state index contributed by atoms with van der Waals surface area (Å²) in [5, 5.41) is 4.89. The molecule has 1 amide bonds. The molecule has 0 radical (unpaired) electrons. The van der Waals surface area contributed by atoms with Crippen LogP contribution >= 0.6 is 11.3 Å². The molecular weight excluding hydrogens is 477 g/mol. The molecule has 1 aromatic heterocycles. The van der Waals surface area contributed by atoms with Gasteiger partial charge in [0.25, 0.3) is 15.9 Å². The van der Waals surface area contributed by atoms with Gasteiger partial charge >= 0.3 is 0 Å². The van der Waals surface area contributed by atoms with Gasteiger partial charge in [-0.2, -0.15) is 0 Å². The van der Waals surface area contributed by atoms with Crippen LogP contribution in [0.2, 0.25) is 0 Å². The van der Waals surface area contributed by atoms with Crippen molar-refractivity contribution in [3.8, 4) is 17.0 Å². The van der Waals surface area contributed by atoms with E-state index in [0.29, 0.717) is 17.4 Å². The highest BCUT2D eigenvalue weighted by molar-refractivity contribution is 7.92. The van der Waals surface area contributed by atoms with Gasteiger partial charge in [-0.15, -0.1) is 11.3 Å². The Morgan fingerprint density at radius 1 is 1.03 bits per heavy atom. The Morgan fingerprint density at radius 3 is 2.44 bits per heavy atom. The summed E-state index contributed by atoms with van der Waals surface area (Å²) in [7, 11) is -4.02.